The van der Waals surface area contributed by atoms with E-state index in [0.29, 0.717) is 18.4 Å². The predicted octanol–water partition coefficient (Wildman–Crippen LogP) is 2.25. The zero-order chi connectivity index (χ0) is 21.0. The van der Waals surface area contributed by atoms with E-state index in [1.807, 2.05) is 0 Å². The van der Waals surface area contributed by atoms with Crippen LogP contribution < -0.4 is 0 Å². The van der Waals surface area contributed by atoms with Gasteiger partial charge in [-0.2, -0.15) is 0 Å². The Morgan fingerprint density at radius 2 is 1.90 bits per heavy atom. The summed E-state index contributed by atoms with van der Waals surface area (Å²) in [5, 5.41) is 12.2. The Bertz CT molecular complexity index is 933. The van der Waals surface area contributed by atoms with Gasteiger partial charge in [-0.05, 0) is 36.2 Å². The minimum Gasteiger partial charge on any atom is -0.462 e. The van der Waals surface area contributed by atoms with Gasteiger partial charge in [0.15, 0.2) is 0 Å². The van der Waals surface area contributed by atoms with Crippen molar-refractivity contribution in [1.29, 1.82) is 0 Å². The first kappa shape index (κ1) is 18.2. The molecule has 3 aliphatic heterocycles. The largest absolute Gasteiger partial charge is 0.462 e. The molecule has 6 heteroatoms. The third-order valence-corrected chi connectivity index (χ3v) is 10.9. The maximum atomic E-state index is 12.2. The molecular formula is C24H31NO5. The van der Waals surface area contributed by atoms with E-state index >= 15 is 0 Å². The highest BCUT2D eigenvalue weighted by molar-refractivity contribution is 5.68. The SMILES string of the molecule is C=C1[C@H]2C[C@@H]3C4N5C[C@]6(C)CCC[C@@]47[C@@H]6[C@@]5(O)C[C@]3([C@@H]1OC(C)=O)[C@H]7[C@H]2OC(C)=O. The van der Waals surface area contributed by atoms with Crippen molar-refractivity contribution in [3.05, 3.63) is 12.2 Å². The molecule has 2 unspecified atom stereocenters. The van der Waals surface area contributed by atoms with Crippen LogP contribution in [0.3, 0.4) is 0 Å². The van der Waals surface area contributed by atoms with E-state index in [1.54, 1.807) is 0 Å². The smallest absolute Gasteiger partial charge is 0.303 e. The van der Waals surface area contributed by atoms with Crippen LogP contribution in [-0.4, -0.2) is 52.5 Å². The van der Waals surface area contributed by atoms with Crippen molar-refractivity contribution in [1.82, 2.24) is 4.90 Å². The highest BCUT2D eigenvalue weighted by atomic mass is 16.6. The summed E-state index contributed by atoms with van der Waals surface area (Å²) >= 11 is 0. The minimum atomic E-state index is -0.837. The van der Waals surface area contributed by atoms with Crippen molar-refractivity contribution in [3.8, 4) is 0 Å². The van der Waals surface area contributed by atoms with Crippen LogP contribution in [0.1, 0.15) is 52.9 Å². The maximum Gasteiger partial charge on any atom is 0.303 e. The molecule has 0 aromatic heterocycles. The van der Waals surface area contributed by atoms with Crippen molar-refractivity contribution < 1.29 is 24.2 Å². The lowest BCUT2D eigenvalue weighted by atomic mass is 9.38. The lowest BCUT2D eigenvalue weighted by Crippen LogP contribution is -2.72. The second-order valence-corrected chi connectivity index (χ2v) is 11.9. The summed E-state index contributed by atoms with van der Waals surface area (Å²) in [6.07, 6.45) is 4.32. The van der Waals surface area contributed by atoms with Crippen LogP contribution in [0.5, 0.6) is 0 Å². The number of fused-ring (bicyclic) bond motifs is 1. The van der Waals surface area contributed by atoms with Crippen molar-refractivity contribution in [2.75, 3.05) is 6.54 Å². The summed E-state index contributed by atoms with van der Waals surface area (Å²) in [7, 11) is 0. The number of piperidine rings is 2. The Morgan fingerprint density at radius 3 is 2.60 bits per heavy atom. The molecule has 162 valence electrons. The fraction of sp³-hybridized carbons (Fsp3) is 0.833. The summed E-state index contributed by atoms with van der Waals surface area (Å²) in [4.78, 5) is 26.8. The molecule has 0 aromatic rings. The van der Waals surface area contributed by atoms with E-state index in [2.05, 4.69) is 18.4 Å². The van der Waals surface area contributed by atoms with Crippen molar-refractivity contribution in [2.24, 2.45) is 39.9 Å². The van der Waals surface area contributed by atoms with E-state index < -0.39 is 5.72 Å². The molecule has 3 heterocycles. The van der Waals surface area contributed by atoms with Gasteiger partial charge in [-0.15, -0.1) is 0 Å². The highest BCUT2D eigenvalue weighted by Gasteiger charge is 2.94. The van der Waals surface area contributed by atoms with E-state index in [1.165, 1.54) is 13.8 Å². The number of carbonyl (C=O) groups excluding carboxylic acids is 2. The van der Waals surface area contributed by atoms with Gasteiger partial charge in [-0.25, -0.2) is 0 Å². The molecule has 9 bridgehead atoms. The summed E-state index contributed by atoms with van der Waals surface area (Å²) in [6.45, 7) is 10.7. The summed E-state index contributed by atoms with van der Waals surface area (Å²) < 4.78 is 12.1. The Morgan fingerprint density at radius 1 is 1.17 bits per heavy atom. The lowest BCUT2D eigenvalue weighted by Gasteiger charge is -2.68. The molecule has 9 fully saturated rings. The number of aliphatic hydroxyl groups is 1. The Balaban J connectivity index is 1.49. The van der Waals surface area contributed by atoms with Crippen molar-refractivity contribution in [3.63, 3.8) is 0 Å². The van der Waals surface area contributed by atoms with Gasteiger partial charge in [0, 0.05) is 61.4 Å². The van der Waals surface area contributed by atoms with E-state index in [4.69, 9.17) is 9.47 Å². The van der Waals surface area contributed by atoms with Gasteiger partial charge in [0.25, 0.3) is 0 Å². The molecule has 9 aliphatic rings. The van der Waals surface area contributed by atoms with Crippen LogP contribution in [0, 0.1) is 39.9 Å². The van der Waals surface area contributed by atoms with Crippen molar-refractivity contribution in [2.45, 2.75) is 76.9 Å². The van der Waals surface area contributed by atoms with E-state index in [0.717, 1.165) is 37.8 Å². The summed E-state index contributed by atoms with van der Waals surface area (Å²) in [6, 6.07) is 0.300. The monoisotopic (exact) mass is 413 g/mol. The molecule has 1 N–H and O–H groups in total. The Labute approximate surface area is 177 Å². The summed E-state index contributed by atoms with van der Waals surface area (Å²) in [5.41, 5.74) is -0.261. The van der Waals surface area contributed by atoms with E-state index in [9.17, 15) is 14.7 Å². The predicted molar refractivity (Wildman–Crippen MR) is 106 cm³/mol. The molecule has 12 atom stereocenters. The van der Waals surface area contributed by atoms with Gasteiger partial charge in [0.05, 0.1) is 0 Å². The number of rotatable bonds is 2. The van der Waals surface area contributed by atoms with Gasteiger partial charge in [-0.1, -0.05) is 19.9 Å². The molecule has 0 amide bonds. The molecular weight excluding hydrogens is 382 g/mol. The highest BCUT2D eigenvalue weighted by Crippen LogP contribution is 2.89. The van der Waals surface area contributed by atoms with Gasteiger partial charge in [-0.3, -0.25) is 14.5 Å². The first-order chi connectivity index (χ1) is 14.1. The van der Waals surface area contributed by atoms with Crippen LogP contribution in [0.4, 0.5) is 0 Å². The number of ether oxygens (including phenoxy) is 2. The van der Waals surface area contributed by atoms with Crippen LogP contribution in [0.15, 0.2) is 12.2 Å². The Kier molecular flexibility index (Phi) is 2.93. The number of esters is 2. The molecule has 0 radical (unpaired) electrons. The van der Waals surface area contributed by atoms with E-state index in [-0.39, 0.29) is 58.1 Å². The zero-order valence-electron chi connectivity index (χ0n) is 18.0. The second-order valence-electron chi connectivity index (χ2n) is 11.9. The Hall–Kier alpha value is -1.40. The average molecular weight is 414 g/mol. The maximum absolute atomic E-state index is 12.2. The lowest BCUT2D eigenvalue weighted by molar-refractivity contribution is -0.277. The fourth-order valence-corrected chi connectivity index (χ4v) is 11.2. The molecule has 9 rings (SSSR count). The topological polar surface area (TPSA) is 76.1 Å². The number of carbonyl (C=O) groups is 2. The van der Waals surface area contributed by atoms with Gasteiger partial charge in [0.2, 0.25) is 0 Å². The minimum absolute atomic E-state index is 0.0371. The van der Waals surface area contributed by atoms with Crippen LogP contribution in [0.2, 0.25) is 0 Å². The third kappa shape index (κ3) is 1.51. The van der Waals surface area contributed by atoms with Crippen LogP contribution >= 0.6 is 0 Å². The van der Waals surface area contributed by atoms with Crippen LogP contribution in [0.25, 0.3) is 0 Å². The molecule has 2 spiro atoms. The number of hydrogen-bond donors (Lipinski definition) is 1. The second kappa shape index (κ2) is 4.83. The normalized spacial score (nSPS) is 62.7. The quantitative estimate of drug-likeness (QED) is 0.553. The number of hydrogen-bond acceptors (Lipinski definition) is 6. The van der Waals surface area contributed by atoms with Gasteiger partial charge < -0.3 is 14.6 Å². The average Bonchev–Trinajstić information content (AvgIpc) is 2.99. The van der Waals surface area contributed by atoms with Crippen LogP contribution in [-0.2, 0) is 19.1 Å². The molecule has 6 saturated carbocycles. The zero-order valence-corrected chi connectivity index (χ0v) is 18.0. The summed E-state index contributed by atoms with van der Waals surface area (Å²) in [5.74, 6) is 0.211. The first-order valence-corrected chi connectivity index (χ1v) is 11.6. The molecule has 3 saturated heterocycles. The molecule has 6 aliphatic carbocycles. The van der Waals surface area contributed by atoms with Gasteiger partial charge in [0.1, 0.15) is 17.9 Å². The standard InChI is InChI=1S/C24H31NO5/c1-11-14-8-15-18-22-7-5-6-21(4)10-25(18)24(28,20(21)22)9-23(15,19(11)30-13(3)27)17(22)16(14)29-12(2)26/h14-20,28H,1,5-10H2,2-4H3/t14-,15-,16+,17+,18?,19-,20-,21+,22+,23-,24+/m1/s1. The molecule has 6 nitrogen and oxygen atoms in total. The molecule has 30 heavy (non-hydrogen) atoms. The number of nitrogens with zero attached hydrogens (tertiary/aromatic N) is 1. The fourth-order valence-electron chi connectivity index (χ4n) is 11.2. The van der Waals surface area contributed by atoms with Gasteiger partial charge >= 0.3 is 11.9 Å². The van der Waals surface area contributed by atoms with Crippen molar-refractivity contribution >= 4 is 11.9 Å². The first-order valence-electron chi connectivity index (χ1n) is 11.6. The molecule has 0 aromatic carbocycles. The third-order valence-electron chi connectivity index (χ3n) is 10.9.